The minimum Gasteiger partial charge on any atom is -0.477 e. The molecule has 0 spiro atoms. The Morgan fingerprint density at radius 3 is 1.35 bits per heavy atom. The second-order valence-electron chi connectivity index (χ2n) is 18.0. The predicted octanol–water partition coefficient (Wildman–Crippen LogP) is 14.7. The highest BCUT2D eigenvalue weighted by molar-refractivity contribution is 5.72. The molecule has 1 N–H and O–H groups in total. The van der Waals surface area contributed by atoms with Gasteiger partial charge in [-0.3, -0.25) is 9.59 Å². The molecule has 0 heterocycles. The third-order valence-corrected chi connectivity index (χ3v) is 11.1. The van der Waals surface area contributed by atoms with Gasteiger partial charge < -0.3 is 23.8 Å². The molecule has 0 rings (SSSR count). The Hall–Kier alpha value is -3.23. The number of esters is 2. The molecule has 8 heteroatoms. The SMILES string of the molecule is CC/C=C/C/C=C/C/C=C/C/C=C/C/C=C/CCCCCC(=O)OCC(COCCC(C(=O)O)[N+](C)(C)C)OC(=O)CCCCCCCCC/C=C/CCCCCCCCCCC. The number of nitrogens with zero attached hydrogens (tertiary/aromatic N) is 1. The number of hydrogen-bond acceptors (Lipinski definition) is 6. The molecule has 63 heavy (non-hydrogen) atoms. The lowest BCUT2D eigenvalue weighted by Crippen LogP contribution is -2.50. The quantitative estimate of drug-likeness (QED) is 0.0281. The van der Waals surface area contributed by atoms with E-state index < -0.39 is 18.1 Å². The van der Waals surface area contributed by atoms with Gasteiger partial charge in [-0.15, -0.1) is 0 Å². The van der Waals surface area contributed by atoms with Gasteiger partial charge in [0.15, 0.2) is 12.1 Å². The number of quaternary nitrogens is 1. The summed E-state index contributed by atoms with van der Waals surface area (Å²) in [5, 5.41) is 9.65. The van der Waals surface area contributed by atoms with Crippen LogP contribution in [0.15, 0.2) is 72.9 Å². The zero-order valence-electron chi connectivity index (χ0n) is 41.3. The van der Waals surface area contributed by atoms with Crippen molar-refractivity contribution in [2.24, 2.45) is 0 Å². The summed E-state index contributed by atoms with van der Waals surface area (Å²) in [4.78, 5) is 37.1. The number of allylic oxidation sites excluding steroid dienone is 12. The van der Waals surface area contributed by atoms with Gasteiger partial charge in [-0.1, -0.05) is 177 Å². The number of hydrogen-bond donors (Lipinski definition) is 1. The molecule has 0 aromatic rings. The number of carboxylic acids is 1. The number of ether oxygens (including phenoxy) is 3. The topological polar surface area (TPSA) is 99.1 Å². The molecular formula is C55H96NO7+. The van der Waals surface area contributed by atoms with E-state index in [0.717, 1.165) is 77.0 Å². The molecule has 0 aliphatic heterocycles. The van der Waals surface area contributed by atoms with Crippen LogP contribution in [0.25, 0.3) is 0 Å². The smallest absolute Gasteiger partial charge is 0.362 e. The zero-order chi connectivity index (χ0) is 46.3. The highest BCUT2D eigenvalue weighted by Gasteiger charge is 2.31. The Bertz CT molecular complexity index is 1260. The number of aliphatic carboxylic acids is 1. The third kappa shape index (κ3) is 43.8. The van der Waals surface area contributed by atoms with Gasteiger partial charge in [-0.25, -0.2) is 4.79 Å². The zero-order valence-corrected chi connectivity index (χ0v) is 41.3. The van der Waals surface area contributed by atoms with Crippen molar-refractivity contribution in [2.45, 2.75) is 219 Å². The fourth-order valence-electron chi connectivity index (χ4n) is 7.17. The second kappa shape index (κ2) is 45.3. The first-order chi connectivity index (χ1) is 30.6. The van der Waals surface area contributed by atoms with Gasteiger partial charge in [0.05, 0.1) is 34.4 Å². The predicted molar refractivity (Wildman–Crippen MR) is 266 cm³/mol. The molecule has 0 amide bonds. The van der Waals surface area contributed by atoms with E-state index in [9.17, 15) is 19.5 Å². The van der Waals surface area contributed by atoms with Gasteiger partial charge >= 0.3 is 17.9 Å². The molecule has 0 fully saturated rings. The van der Waals surface area contributed by atoms with Crippen LogP contribution >= 0.6 is 0 Å². The molecule has 0 saturated heterocycles. The molecule has 0 aromatic heterocycles. The van der Waals surface area contributed by atoms with E-state index in [2.05, 4.69) is 86.8 Å². The van der Waals surface area contributed by atoms with Gasteiger partial charge in [0.1, 0.15) is 6.61 Å². The van der Waals surface area contributed by atoms with Crippen molar-refractivity contribution in [3.63, 3.8) is 0 Å². The van der Waals surface area contributed by atoms with Gasteiger partial charge in [-0.2, -0.15) is 0 Å². The van der Waals surface area contributed by atoms with Crippen LogP contribution in [0.1, 0.15) is 206 Å². The van der Waals surface area contributed by atoms with Crippen molar-refractivity contribution in [2.75, 3.05) is 41.0 Å². The van der Waals surface area contributed by atoms with Crippen LogP contribution in [0.2, 0.25) is 0 Å². The van der Waals surface area contributed by atoms with Crippen molar-refractivity contribution >= 4 is 17.9 Å². The van der Waals surface area contributed by atoms with E-state index in [1.807, 2.05) is 21.1 Å². The molecule has 362 valence electrons. The molecule has 0 bridgehead atoms. The van der Waals surface area contributed by atoms with Crippen LogP contribution in [-0.2, 0) is 28.6 Å². The summed E-state index contributed by atoms with van der Waals surface area (Å²) in [5.74, 6) is -1.52. The van der Waals surface area contributed by atoms with Crippen LogP contribution in [0, 0.1) is 0 Å². The number of unbranched alkanes of at least 4 members (excludes halogenated alkanes) is 19. The summed E-state index contributed by atoms with van der Waals surface area (Å²) in [6.07, 6.45) is 58.1. The molecule has 8 nitrogen and oxygen atoms in total. The van der Waals surface area contributed by atoms with Crippen LogP contribution in [-0.4, -0.2) is 80.6 Å². The summed E-state index contributed by atoms with van der Waals surface area (Å²) in [6, 6.07) is -0.624. The van der Waals surface area contributed by atoms with Crippen molar-refractivity contribution in [1.82, 2.24) is 0 Å². The van der Waals surface area contributed by atoms with E-state index in [1.54, 1.807) is 0 Å². The Morgan fingerprint density at radius 1 is 0.492 bits per heavy atom. The minimum absolute atomic E-state index is 0.0458. The number of likely N-dealkylation sites (N-methyl/N-ethyl adjacent to an activating group) is 1. The maximum atomic E-state index is 12.8. The first-order valence-electron chi connectivity index (χ1n) is 25.5. The van der Waals surface area contributed by atoms with Crippen LogP contribution < -0.4 is 0 Å². The lowest BCUT2D eigenvalue weighted by Gasteiger charge is -2.31. The summed E-state index contributed by atoms with van der Waals surface area (Å²) < 4.78 is 17.3. The van der Waals surface area contributed by atoms with Gasteiger partial charge in [0, 0.05) is 19.3 Å². The van der Waals surface area contributed by atoms with Gasteiger partial charge in [0.25, 0.3) is 0 Å². The summed E-state index contributed by atoms with van der Waals surface area (Å²) in [6.45, 7) is 4.59. The maximum Gasteiger partial charge on any atom is 0.362 e. The molecule has 2 atom stereocenters. The van der Waals surface area contributed by atoms with E-state index in [4.69, 9.17) is 14.2 Å². The summed E-state index contributed by atoms with van der Waals surface area (Å²) in [7, 11) is 5.52. The number of carboxylic acid groups (broad SMARTS) is 1. The van der Waals surface area contributed by atoms with Gasteiger partial charge in [-0.05, 0) is 83.5 Å². The average molecular weight is 883 g/mol. The molecule has 0 aliphatic carbocycles. The molecule has 0 saturated carbocycles. The number of rotatable bonds is 45. The first kappa shape index (κ1) is 59.8. The molecule has 0 aliphatic rings. The molecule has 0 radical (unpaired) electrons. The van der Waals surface area contributed by atoms with Crippen LogP contribution in [0.5, 0.6) is 0 Å². The van der Waals surface area contributed by atoms with Crippen molar-refractivity contribution in [1.29, 1.82) is 0 Å². The Labute approximate surface area is 387 Å². The van der Waals surface area contributed by atoms with Crippen LogP contribution in [0.4, 0.5) is 0 Å². The lowest BCUT2D eigenvalue weighted by atomic mass is 10.1. The molecular weight excluding hydrogens is 787 g/mol. The highest BCUT2D eigenvalue weighted by atomic mass is 16.6. The van der Waals surface area contributed by atoms with E-state index in [1.165, 1.54) is 96.3 Å². The first-order valence-corrected chi connectivity index (χ1v) is 25.5. The largest absolute Gasteiger partial charge is 0.477 e. The minimum atomic E-state index is -0.882. The Morgan fingerprint density at radius 2 is 0.889 bits per heavy atom. The Kier molecular flexibility index (Phi) is 43.0. The van der Waals surface area contributed by atoms with Crippen LogP contribution in [0.3, 0.4) is 0 Å². The molecule has 2 unspecified atom stereocenters. The van der Waals surface area contributed by atoms with Crippen molar-refractivity contribution in [3.8, 4) is 0 Å². The monoisotopic (exact) mass is 883 g/mol. The molecule has 0 aromatic carbocycles. The van der Waals surface area contributed by atoms with Gasteiger partial charge in [0.2, 0.25) is 0 Å². The maximum absolute atomic E-state index is 12.8. The Balaban J connectivity index is 4.33. The summed E-state index contributed by atoms with van der Waals surface area (Å²) in [5.41, 5.74) is 0. The fourth-order valence-corrected chi connectivity index (χ4v) is 7.17. The standard InChI is InChI=1S/C55H95NO7/c1-6-8-10-12-14-16-18-20-22-24-26-28-30-32-34-36-38-40-42-44-46-54(58)63-51(49-61-48-47-52(55(59)60)56(3,4)5)50-62-53(57)45-43-41-39-37-35-33-31-29-27-25-23-21-19-17-15-13-11-9-7-2/h9,11,15,17,21,23,26-29,33,35,51-52H,6-8,10,12-14,16,18-20,22,24-25,30-32,34,36-50H2,1-5H3/p+1/b11-9+,17-15+,23-21+,28-26+,29-27+,35-33+. The van der Waals surface area contributed by atoms with Crippen molar-refractivity contribution in [3.05, 3.63) is 72.9 Å². The second-order valence-corrected chi connectivity index (χ2v) is 18.0. The lowest BCUT2D eigenvalue weighted by molar-refractivity contribution is -0.887. The fraction of sp³-hybridized carbons (Fsp3) is 0.727. The third-order valence-electron chi connectivity index (χ3n) is 11.1. The van der Waals surface area contributed by atoms with E-state index in [-0.39, 0.29) is 36.2 Å². The number of carbonyl (C=O) groups is 3. The average Bonchev–Trinajstić information content (AvgIpc) is 3.24. The highest BCUT2D eigenvalue weighted by Crippen LogP contribution is 2.14. The normalized spacial score (nSPS) is 13.5. The van der Waals surface area contributed by atoms with Crippen molar-refractivity contribution < 1.29 is 38.2 Å². The summed E-state index contributed by atoms with van der Waals surface area (Å²) >= 11 is 0. The number of carbonyl (C=O) groups excluding carboxylic acids is 2. The van der Waals surface area contributed by atoms with E-state index >= 15 is 0 Å². The van der Waals surface area contributed by atoms with E-state index in [0.29, 0.717) is 19.3 Å².